The van der Waals surface area contributed by atoms with Crippen LogP contribution in [0.3, 0.4) is 0 Å². The molecule has 20 heavy (non-hydrogen) atoms. The first-order chi connectivity index (χ1) is 9.47. The molecule has 1 amide bonds. The fourth-order valence-corrected chi connectivity index (χ4v) is 1.50. The van der Waals surface area contributed by atoms with Crippen LogP contribution in [0.2, 0.25) is 0 Å². The predicted molar refractivity (Wildman–Crippen MR) is 65.5 cm³/mol. The van der Waals surface area contributed by atoms with Crippen LogP contribution in [0, 0.1) is 11.6 Å². The van der Waals surface area contributed by atoms with Gasteiger partial charge in [-0.05, 0) is 24.3 Å². The van der Waals surface area contributed by atoms with Crippen molar-refractivity contribution in [2.75, 3.05) is 5.32 Å². The summed E-state index contributed by atoms with van der Waals surface area (Å²) in [7, 11) is 0. The Balaban J connectivity index is 2.23. The van der Waals surface area contributed by atoms with Crippen LogP contribution >= 0.6 is 0 Å². The zero-order valence-electron chi connectivity index (χ0n) is 9.93. The van der Waals surface area contributed by atoms with E-state index in [4.69, 9.17) is 5.11 Å². The van der Waals surface area contributed by atoms with E-state index < -0.39 is 23.5 Å². The van der Waals surface area contributed by atoms with Gasteiger partial charge in [-0.2, -0.15) is 0 Å². The maximum atomic E-state index is 13.4. The summed E-state index contributed by atoms with van der Waals surface area (Å²) in [4.78, 5) is 26.1. The normalized spacial score (nSPS) is 10.1. The Morgan fingerprint density at radius 2 is 1.90 bits per heavy atom. The minimum Gasteiger partial charge on any atom is -0.477 e. The fraction of sp³-hybridized carbons (Fsp3) is 0. The molecule has 0 aliphatic carbocycles. The molecule has 1 aromatic carbocycles. The van der Waals surface area contributed by atoms with E-state index >= 15 is 0 Å². The summed E-state index contributed by atoms with van der Waals surface area (Å²) in [5.74, 6) is -3.87. The van der Waals surface area contributed by atoms with Gasteiger partial charge in [-0.3, -0.25) is 4.79 Å². The van der Waals surface area contributed by atoms with Gasteiger partial charge in [0, 0.05) is 18.0 Å². The molecule has 0 radical (unpaired) electrons. The number of anilines is 1. The SMILES string of the molecule is O=C(O)c1cc(NC(=O)c2ccc(F)cc2F)ccn1. The summed E-state index contributed by atoms with van der Waals surface area (Å²) in [5, 5.41) is 11.1. The Morgan fingerprint density at radius 1 is 1.15 bits per heavy atom. The number of pyridine rings is 1. The molecule has 0 spiro atoms. The molecule has 1 heterocycles. The number of benzene rings is 1. The molecule has 0 aliphatic heterocycles. The minimum absolute atomic E-state index is 0.145. The molecule has 2 rings (SSSR count). The van der Waals surface area contributed by atoms with Crippen molar-refractivity contribution in [1.82, 2.24) is 4.98 Å². The number of carbonyl (C=O) groups is 2. The lowest BCUT2D eigenvalue weighted by Crippen LogP contribution is -2.14. The lowest BCUT2D eigenvalue weighted by molar-refractivity contribution is 0.0690. The number of hydrogen-bond donors (Lipinski definition) is 2. The summed E-state index contributed by atoms with van der Waals surface area (Å²) in [5.41, 5.74) is -0.464. The summed E-state index contributed by atoms with van der Waals surface area (Å²) in [6.45, 7) is 0. The van der Waals surface area contributed by atoms with Gasteiger partial charge in [0.25, 0.3) is 5.91 Å². The standard InChI is InChI=1S/C13H8F2N2O3/c14-7-1-2-9(10(15)5-7)12(18)17-8-3-4-16-11(6-8)13(19)20/h1-6H,(H,19,20)(H,16,17,18). The van der Waals surface area contributed by atoms with Crippen LogP contribution in [0.25, 0.3) is 0 Å². The van der Waals surface area contributed by atoms with Crippen molar-refractivity contribution in [3.8, 4) is 0 Å². The Hall–Kier alpha value is -2.83. The van der Waals surface area contributed by atoms with E-state index in [2.05, 4.69) is 10.3 Å². The third-order valence-electron chi connectivity index (χ3n) is 2.41. The van der Waals surface area contributed by atoms with Crippen LogP contribution < -0.4 is 5.32 Å². The van der Waals surface area contributed by atoms with Gasteiger partial charge in [0.1, 0.15) is 17.3 Å². The maximum absolute atomic E-state index is 13.4. The number of halogens is 2. The number of aromatic nitrogens is 1. The molecule has 0 atom stereocenters. The zero-order chi connectivity index (χ0) is 14.7. The Bertz CT molecular complexity index is 689. The first-order valence-electron chi connectivity index (χ1n) is 5.43. The number of carbonyl (C=O) groups excluding carboxylic acids is 1. The van der Waals surface area contributed by atoms with Crippen LogP contribution in [-0.4, -0.2) is 22.0 Å². The molecule has 2 N–H and O–H groups in total. The second kappa shape index (κ2) is 5.43. The molecule has 102 valence electrons. The first-order valence-corrected chi connectivity index (χ1v) is 5.43. The highest BCUT2D eigenvalue weighted by molar-refractivity contribution is 6.04. The summed E-state index contributed by atoms with van der Waals surface area (Å²) < 4.78 is 26.1. The molecule has 0 saturated heterocycles. The fourth-order valence-electron chi connectivity index (χ4n) is 1.50. The molecule has 7 heteroatoms. The number of rotatable bonds is 3. The van der Waals surface area contributed by atoms with Crippen LogP contribution in [0.15, 0.2) is 36.5 Å². The number of carboxylic acid groups (broad SMARTS) is 1. The topological polar surface area (TPSA) is 79.3 Å². The highest BCUT2D eigenvalue weighted by Gasteiger charge is 2.13. The van der Waals surface area contributed by atoms with Gasteiger partial charge < -0.3 is 10.4 Å². The van der Waals surface area contributed by atoms with Crippen LogP contribution in [0.4, 0.5) is 14.5 Å². The molecule has 0 aliphatic rings. The third-order valence-corrected chi connectivity index (χ3v) is 2.41. The van der Waals surface area contributed by atoms with Crippen molar-refractivity contribution in [3.05, 3.63) is 59.4 Å². The van der Waals surface area contributed by atoms with E-state index in [0.29, 0.717) is 6.07 Å². The zero-order valence-corrected chi connectivity index (χ0v) is 9.93. The third kappa shape index (κ3) is 2.94. The number of aromatic carboxylic acids is 1. The monoisotopic (exact) mass is 278 g/mol. The molecule has 0 bridgehead atoms. The largest absolute Gasteiger partial charge is 0.477 e. The van der Waals surface area contributed by atoms with E-state index in [9.17, 15) is 18.4 Å². The Labute approximate surface area is 111 Å². The van der Waals surface area contributed by atoms with E-state index in [1.54, 1.807) is 0 Å². The van der Waals surface area contributed by atoms with Crippen LogP contribution in [-0.2, 0) is 0 Å². The number of amides is 1. The first kappa shape index (κ1) is 13.6. The molecule has 0 saturated carbocycles. The summed E-state index contributed by atoms with van der Waals surface area (Å²) >= 11 is 0. The van der Waals surface area contributed by atoms with Gasteiger partial charge >= 0.3 is 5.97 Å². The van der Waals surface area contributed by atoms with Gasteiger partial charge in [-0.25, -0.2) is 18.6 Å². The van der Waals surface area contributed by atoms with Gasteiger partial charge in [0.2, 0.25) is 0 Å². The van der Waals surface area contributed by atoms with Gasteiger partial charge in [0.15, 0.2) is 0 Å². The van der Waals surface area contributed by atoms with E-state index in [0.717, 1.165) is 18.2 Å². The summed E-state index contributed by atoms with van der Waals surface area (Å²) in [6, 6.07) is 5.02. The second-order valence-corrected chi connectivity index (χ2v) is 3.81. The average molecular weight is 278 g/mol. The van der Waals surface area contributed by atoms with Crippen molar-refractivity contribution < 1.29 is 23.5 Å². The van der Waals surface area contributed by atoms with Crippen molar-refractivity contribution in [2.45, 2.75) is 0 Å². The number of hydrogen-bond acceptors (Lipinski definition) is 3. The van der Waals surface area contributed by atoms with Crippen LogP contribution in [0.5, 0.6) is 0 Å². The number of nitrogens with one attached hydrogen (secondary N) is 1. The average Bonchev–Trinajstić information content (AvgIpc) is 2.38. The minimum atomic E-state index is -1.26. The second-order valence-electron chi connectivity index (χ2n) is 3.81. The van der Waals surface area contributed by atoms with E-state index in [1.165, 1.54) is 12.3 Å². The highest BCUT2D eigenvalue weighted by atomic mass is 19.1. The Morgan fingerprint density at radius 3 is 2.55 bits per heavy atom. The quantitative estimate of drug-likeness (QED) is 0.903. The van der Waals surface area contributed by atoms with Crippen molar-refractivity contribution in [2.24, 2.45) is 0 Å². The Kier molecular flexibility index (Phi) is 3.69. The molecule has 0 fully saturated rings. The van der Waals surface area contributed by atoms with Crippen molar-refractivity contribution in [1.29, 1.82) is 0 Å². The van der Waals surface area contributed by atoms with E-state index in [-0.39, 0.29) is 16.9 Å². The smallest absolute Gasteiger partial charge is 0.354 e. The summed E-state index contributed by atoms with van der Waals surface area (Å²) in [6.07, 6.45) is 1.19. The predicted octanol–water partition coefficient (Wildman–Crippen LogP) is 2.31. The lowest BCUT2D eigenvalue weighted by atomic mass is 10.2. The highest BCUT2D eigenvalue weighted by Crippen LogP contribution is 2.13. The molecule has 1 aromatic heterocycles. The molecule has 2 aromatic rings. The molecule has 5 nitrogen and oxygen atoms in total. The molecule has 0 unspecified atom stereocenters. The van der Waals surface area contributed by atoms with Crippen LogP contribution in [0.1, 0.15) is 20.8 Å². The van der Waals surface area contributed by atoms with Gasteiger partial charge in [-0.15, -0.1) is 0 Å². The molecular weight excluding hydrogens is 270 g/mol. The van der Waals surface area contributed by atoms with E-state index in [1.807, 2.05) is 0 Å². The number of carboxylic acids is 1. The van der Waals surface area contributed by atoms with Gasteiger partial charge in [-0.1, -0.05) is 0 Å². The van der Waals surface area contributed by atoms with Crippen molar-refractivity contribution >= 4 is 17.6 Å². The lowest BCUT2D eigenvalue weighted by Gasteiger charge is -2.06. The van der Waals surface area contributed by atoms with Crippen molar-refractivity contribution in [3.63, 3.8) is 0 Å². The molecular formula is C13H8F2N2O3. The maximum Gasteiger partial charge on any atom is 0.354 e. The van der Waals surface area contributed by atoms with Gasteiger partial charge in [0.05, 0.1) is 5.56 Å². The number of nitrogens with zero attached hydrogens (tertiary/aromatic N) is 1.